The van der Waals surface area contributed by atoms with Crippen LogP contribution in [-0.4, -0.2) is 25.8 Å². The molecule has 0 spiro atoms. The second-order valence-corrected chi connectivity index (χ2v) is 3.75. The molecular weight excluding hydrogens is 182 g/mol. The molecule has 0 radical (unpaired) electrons. The highest BCUT2D eigenvalue weighted by Gasteiger charge is 2.14. The number of hydrogen-bond acceptors (Lipinski definition) is 3. The molecule has 1 N–H and O–H groups in total. The number of nitrogens with zero attached hydrogens (tertiary/aromatic N) is 3. The maximum Gasteiger partial charge on any atom is 0.328 e. The van der Waals surface area contributed by atoms with E-state index in [2.05, 4.69) is 23.9 Å². The van der Waals surface area contributed by atoms with E-state index >= 15 is 0 Å². The van der Waals surface area contributed by atoms with Crippen molar-refractivity contribution in [1.82, 2.24) is 14.8 Å². The Kier molecular flexibility index (Phi) is 3.22. The minimum absolute atomic E-state index is 0.478. The highest BCUT2D eigenvalue weighted by molar-refractivity contribution is 5.71. The van der Waals surface area contributed by atoms with Gasteiger partial charge in [-0.15, -0.1) is 0 Å². The molecule has 5 nitrogen and oxygen atoms in total. The van der Waals surface area contributed by atoms with Gasteiger partial charge < -0.3 is 5.11 Å². The number of hydrogen-bond donors (Lipinski definition) is 1. The highest BCUT2D eigenvalue weighted by atomic mass is 16.4. The number of rotatable bonds is 4. The van der Waals surface area contributed by atoms with Crippen LogP contribution >= 0.6 is 0 Å². The van der Waals surface area contributed by atoms with Crippen LogP contribution in [0.4, 0.5) is 0 Å². The first-order valence-electron chi connectivity index (χ1n) is 4.63. The summed E-state index contributed by atoms with van der Waals surface area (Å²) in [5.41, 5.74) is 0. The minimum atomic E-state index is -0.897. The molecule has 0 bridgehead atoms. The van der Waals surface area contributed by atoms with Crippen LogP contribution in [0.5, 0.6) is 0 Å². The fourth-order valence-corrected chi connectivity index (χ4v) is 1.07. The number of carboxylic acid groups (broad SMARTS) is 1. The molecule has 0 aromatic carbocycles. The summed E-state index contributed by atoms with van der Waals surface area (Å²) in [6.45, 7) is 5.72. The zero-order valence-corrected chi connectivity index (χ0v) is 8.64. The Morgan fingerprint density at radius 2 is 2.21 bits per heavy atom. The second kappa shape index (κ2) is 4.21. The van der Waals surface area contributed by atoms with Crippen molar-refractivity contribution in [2.75, 3.05) is 0 Å². The molecule has 0 aliphatic rings. The third-order valence-electron chi connectivity index (χ3n) is 1.90. The van der Waals surface area contributed by atoms with Crippen molar-refractivity contribution < 1.29 is 9.90 Å². The van der Waals surface area contributed by atoms with E-state index in [0.29, 0.717) is 11.7 Å². The summed E-state index contributed by atoms with van der Waals surface area (Å²) in [4.78, 5) is 14.7. The zero-order chi connectivity index (χ0) is 10.7. The minimum Gasteiger partial charge on any atom is -0.480 e. The van der Waals surface area contributed by atoms with Gasteiger partial charge in [-0.25, -0.2) is 14.5 Å². The molecule has 0 saturated carbocycles. The Bertz CT molecular complexity index is 320. The van der Waals surface area contributed by atoms with E-state index in [1.807, 2.05) is 0 Å². The molecule has 0 fully saturated rings. The monoisotopic (exact) mass is 197 g/mol. The molecule has 14 heavy (non-hydrogen) atoms. The quantitative estimate of drug-likeness (QED) is 0.785. The zero-order valence-electron chi connectivity index (χ0n) is 8.64. The molecule has 1 heterocycles. The summed E-state index contributed by atoms with van der Waals surface area (Å²) in [6, 6.07) is -0.650. The summed E-state index contributed by atoms with van der Waals surface area (Å²) in [5.74, 6) is 0.282. The van der Waals surface area contributed by atoms with Gasteiger partial charge in [-0.2, -0.15) is 5.10 Å². The molecule has 1 atom stereocenters. The largest absolute Gasteiger partial charge is 0.480 e. The van der Waals surface area contributed by atoms with Gasteiger partial charge in [0.15, 0.2) is 5.82 Å². The molecule has 0 aliphatic carbocycles. The lowest BCUT2D eigenvalue weighted by atomic mass is 10.1. The molecule has 0 saturated heterocycles. The van der Waals surface area contributed by atoms with Gasteiger partial charge in [-0.05, 0) is 12.8 Å². The van der Waals surface area contributed by atoms with Gasteiger partial charge in [0.2, 0.25) is 0 Å². The first-order chi connectivity index (χ1) is 6.50. The first-order valence-corrected chi connectivity index (χ1v) is 4.63. The third-order valence-corrected chi connectivity index (χ3v) is 1.90. The van der Waals surface area contributed by atoms with Crippen LogP contribution in [0.3, 0.4) is 0 Å². The lowest BCUT2D eigenvalue weighted by Gasteiger charge is -2.04. The molecule has 1 aromatic heterocycles. The van der Waals surface area contributed by atoms with E-state index in [4.69, 9.17) is 5.11 Å². The van der Waals surface area contributed by atoms with E-state index in [-0.39, 0.29) is 0 Å². The molecular formula is C9H15N3O2. The van der Waals surface area contributed by atoms with Crippen molar-refractivity contribution in [1.29, 1.82) is 0 Å². The van der Waals surface area contributed by atoms with Crippen LogP contribution in [0, 0.1) is 5.92 Å². The van der Waals surface area contributed by atoms with Crippen molar-refractivity contribution in [3.63, 3.8) is 0 Å². The predicted molar refractivity (Wildman–Crippen MR) is 50.9 cm³/mol. The number of aliphatic carboxylic acids is 1. The van der Waals surface area contributed by atoms with E-state index in [1.165, 1.54) is 11.0 Å². The van der Waals surface area contributed by atoms with Crippen LogP contribution in [0.25, 0.3) is 0 Å². The van der Waals surface area contributed by atoms with Crippen molar-refractivity contribution in [2.24, 2.45) is 5.92 Å². The fourth-order valence-electron chi connectivity index (χ4n) is 1.07. The van der Waals surface area contributed by atoms with E-state index in [1.54, 1.807) is 6.92 Å². The van der Waals surface area contributed by atoms with Gasteiger partial charge in [0.25, 0.3) is 0 Å². The van der Waals surface area contributed by atoms with Gasteiger partial charge in [-0.3, -0.25) is 0 Å². The van der Waals surface area contributed by atoms with Crippen molar-refractivity contribution in [3.8, 4) is 0 Å². The van der Waals surface area contributed by atoms with E-state index < -0.39 is 12.0 Å². The van der Waals surface area contributed by atoms with Gasteiger partial charge in [0, 0.05) is 6.42 Å². The van der Waals surface area contributed by atoms with Gasteiger partial charge >= 0.3 is 5.97 Å². The van der Waals surface area contributed by atoms with E-state index in [0.717, 1.165) is 6.42 Å². The molecule has 1 unspecified atom stereocenters. The van der Waals surface area contributed by atoms with Crippen molar-refractivity contribution in [2.45, 2.75) is 33.2 Å². The van der Waals surface area contributed by atoms with Gasteiger partial charge in [0.1, 0.15) is 12.4 Å². The molecule has 0 amide bonds. The lowest BCUT2D eigenvalue weighted by Crippen LogP contribution is -2.16. The van der Waals surface area contributed by atoms with Gasteiger partial charge in [0.05, 0.1) is 0 Å². The van der Waals surface area contributed by atoms with Crippen LogP contribution < -0.4 is 0 Å². The van der Waals surface area contributed by atoms with Gasteiger partial charge in [-0.1, -0.05) is 13.8 Å². The standard InChI is InChI=1S/C9H15N3O2/c1-6(2)4-8-10-5-12(11-8)7(3)9(13)14/h5-7H,4H2,1-3H3,(H,13,14). The summed E-state index contributed by atoms with van der Waals surface area (Å²) in [5, 5.41) is 12.8. The topological polar surface area (TPSA) is 68.0 Å². The Morgan fingerprint density at radius 1 is 1.57 bits per heavy atom. The van der Waals surface area contributed by atoms with Crippen LogP contribution in [0.15, 0.2) is 6.33 Å². The molecule has 1 rings (SSSR count). The smallest absolute Gasteiger partial charge is 0.328 e. The average Bonchev–Trinajstić information content (AvgIpc) is 2.50. The maximum absolute atomic E-state index is 10.6. The van der Waals surface area contributed by atoms with Crippen molar-refractivity contribution >= 4 is 5.97 Å². The number of aromatic nitrogens is 3. The van der Waals surface area contributed by atoms with Crippen LogP contribution in [-0.2, 0) is 11.2 Å². The Labute approximate surface area is 82.8 Å². The summed E-state index contributed by atoms with van der Waals surface area (Å²) in [7, 11) is 0. The average molecular weight is 197 g/mol. The number of carboxylic acids is 1. The molecule has 1 aromatic rings. The predicted octanol–water partition coefficient (Wildman–Crippen LogP) is 1.12. The second-order valence-electron chi connectivity index (χ2n) is 3.75. The summed E-state index contributed by atoms with van der Waals surface area (Å²) >= 11 is 0. The van der Waals surface area contributed by atoms with E-state index in [9.17, 15) is 4.79 Å². The Hall–Kier alpha value is -1.39. The molecule has 0 aliphatic heterocycles. The molecule has 78 valence electrons. The highest BCUT2D eigenvalue weighted by Crippen LogP contribution is 2.06. The summed E-state index contributed by atoms with van der Waals surface area (Å²) < 4.78 is 1.38. The van der Waals surface area contributed by atoms with Crippen LogP contribution in [0.1, 0.15) is 32.6 Å². The lowest BCUT2D eigenvalue weighted by molar-refractivity contribution is -0.140. The normalized spacial score (nSPS) is 13.1. The SMILES string of the molecule is CC(C)Cc1ncn(C(C)C(=O)O)n1. The van der Waals surface area contributed by atoms with Crippen molar-refractivity contribution in [3.05, 3.63) is 12.2 Å². The third kappa shape index (κ3) is 2.55. The fraction of sp³-hybridized carbons (Fsp3) is 0.667. The maximum atomic E-state index is 10.6. The Balaban J connectivity index is 2.72. The summed E-state index contributed by atoms with van der Waals surface area (Å²) in [6.07, 6.45) is 2.25. The Morgan fingerprint density at radius 3 is 2.71 bits per heavy atom. The van der Waals surface area contributed by atoms with Crippen LogP contribution in [0.2, 0.25) is 0 Å². The number of carbonyl (C=O) groups is 1. The molecule has 5 heteroatoms. The first kappa shape index (κ1) is 10.7.